The lowest BCUT2D eigenvalue weighted by molar-refractivity contribution is 0.102. The van der Waals surface area contributed by atoms with Crippen LogP contribution in [0.4, 0.5) is 5.69 Å². The SMILES string of the molecule is CCC(C)CN1CCC(c2nc(C(=O)Nc3ccccc3-c3ccccc3)cs2)CC1. The molecule has 1 aliphatic rings. The highest BCUT2D eigenvalue weighted by Gasteiger charge is 2.24. The monoisotopic (exact) mass is 433 g/mol. The Morgan fingerprint density at radius 1 is 1.13 bits per heavy atom. The van der Waals surface area contributed by atoms with E-state index in [9.17, 15) is 4.79 Å². The van der Waals surface area contributed by atoms with Crippen molar-refractivity contribution in [2.75, 3.05) is 25.0 Å². The van der Waals surface area contributed by atoms with Crippen LogP contribution in [0.15, 0.2) is 60.0 Å². The van der Waals surface area contributed by atoms with Gasteiger partial charge < -0.3 is 10.2 Å². The van der Waals surface area contributed by atoms with E-state index < -0.39 is 0 Å². The van der Waals surface area contributed by atoms with E-state index in [4.69, 9.17) is 4.98 Å². The maximum Gasteiger partial charge on any atom is 0.275 e. The summed E-state index contributed by atoms with van der Waals surface area (Å²) in [5.41, 5.74) is 3.43. The van der Waals surface area contributed by atoms with Crippen LogP contribution in [0, 0.1) is 5.92 Å². The van der Waals surface area contributed by atoms with Crippen molar-refractivity contribution in [3.05, 3.63) is 70.7 Å². The van der Waals surface area contributed by atoms with Crippen molar-refractivity contribution in [2.24, 2.45) is 5.92 Å². The second kappa shape index (κ2) is 10.2. The average molecular weight is 434 g/mol. The van der Waals surface area contributed by atoms with Gasteiger partial charge in [0.05, 0.1) is 5.01 Å². The zero-order valence-electron chi connectivity index (χ0n) is 18.4. The van der Waals surface area contributed by atoms with Gasteiger partial charge in [-0.1, -0.05) is 68.8 Å². The molecule has 4 rings (SSSR count). The van der Waals surface area contributed by atoms with Crippen LogP contribution in [0.3, 0.4) is 0 Å². The van der Waals surface area contributed by atoms with Gasteiger partial charge in [-0.15, -0.1) is 11.3 Å². The Bertz CT molecular complexity index is 993. The lowest BCUT2D eigenvalue weighted by atomic mass is 9.96. The van der Waals surface area contributed by atoms with Gasteiger partial charge >= 0.3 is 0 Å². The van der Waals surface area contributed by atoms with Crippen LogP contribution < -0.4 is 5.32 Å². The lowest BCUT2D eigenvalue weighted by Gasteiger charge is -2.32. The molecule has 0 aliphatic carbocycles. The number of amides is 1. The van der Waals surface area contributed by atoms with Crippen molar-refractivity contribution in [3.63, 3.8) is 0 Å². The first kappa shape index (κ1) is 21.7. The molecule has 1 unspecified atom stereocenters. The Morgan fingerprint density at radius 2 is 1.84 bits per heavy atom. The zero-order valence-corrected chi connectivity index (χ0v) is 19.2. The fourth-order valence-electron chi connectivity index (χ4n) is 4.16. The number of anilines is 1. The number of rotatable bonds is 7. The molecule has 3 aromatic rings. The number of piperidine rings is 1. The summed E-state index contributed by atoms with van der Waals surface area (Å²) < 4.78 is 0. The van der Waals surface area contributed by atoms with E-state index >= 15 is 0 Å². The molecule has 2 aromatic carbocycles. The molecule has 1 amide bonds. The first-order valence-corrected chi connectivity index (χ1v) is 12.2. The molecule has 1 aliphatic heterocycles. The number of aromatic nitrogens is 1. The molecular formula is C26H31N3OS. The molecule has 4 nitrogen and oxygen atoms in total. The van der Waals surface area contributed by atoms with Crippen LogP contribution in [0.5, 0.6) is 0 Å². The minimum absolute atomic E-state index is 0.139. The van der Waals surface area contributed by atoms with E-state index in [0.717, 1.165) is 53.7 Å². The van der Waals surface area contributed by atoms with E-state index in [-0.39, 0.29) is 5.91 Å². The van der Waals surface area contributed by atoms with Gasteiger partial charge in [0.15, 0.2) is 0 Å². The molecule has 162 valence electrons. The van der Waals surface area contributed by atoms with Gasteiger partial charge in [-0.05, 0) is 43.5 Å². The number of hydrogen-bond acceptors (Lipinski definition) is 4. The van der Waals surface area contributed by atoms with E-state index in [1.807, 2.05) is 47.8 Å². The Kier molecular flexibility index (Phi) is 7.15. The van der Waals surface area contributed by atoms with Crippen LogP contribution in [0.25, 0.3) is 11.1 Å². The molecule has 1 atom stereocenters. The molecular weight excluding hydrogens is 402 g/mol. The number of hydrogen-bond donors (Lipinski definition) is 1. The lowest BCUT2D eigenvalue weighted by Crippen LogP contribution is -2.35. The molecule has 2 heterocycles. The summed E-state index contributed by atoms with van der Waals surface area (Å²) in [6.07, 6.45) is 3.49. The molecule has 0 bridgehead atoms. The highest BCUT2D eigenvalue weighted by atomic mass is 32.1. The highest BCUT2D eigenvalue weighted by molar-refractivity contribution is 7.10. The summed E-state index contributed by atoms with van der Waals surface area (Å²) in [5, 5.41) is 6.08. The quantitative estimate of drug-likeness (QED) is 0.476. The zero-order chi connectivity index (χ0) is 21.6. The number of nitrogens with zero attached hydrogens (tertiary/aromatic N) is 2. The molecule has 31 heavy (non-hydrogen) atoms. The molecule has 1 aromatic heterocycles. The average Bonchev–Trinajstić information content (AvgIpc) is 3.31. The van der Waals surface area contributed by atoms with Crippen molar-refractivity contribution in [1.82, 2.24) is 9.88 Å². The number of para-hydroxylation sites is 1. The summed E-state index contributed by atoms with van der Waals surface area (Å²) in [4.78, 5) is 20.2. The van der Waals surface area contributed by atoms with Crippen molar-refractivity contribution in [3.8, 4) is 11.1 Å². The van der Waals surface area contributed by atoms with Gasteiger partial charge in [-0.3, -0.25) is 4.79 Å². The smallest absolute Gasteiger partial charge is 0.275 e. The van der Waals surface area contributed by atoms with Gasteiger partial charge in [0.1, 0.15) is 5.69 Å². The van der Waals surface area contributed by atoms with Crippen molar-refractivity contribution < 1.29 is 4.79 Å². The van der Waals surface area contributed by atoms with Crippen molar-refractivity contribution >= 4 is 22.9 Å². The van der Waals surface area contributed by atoms with Crippen molar-refractivity contribution in [1.29, 1.82) is 0 Å². The minimum atomic E-state index is -0.139. The molecule has 0 saturated carbocycles. The number of carbonyl (C=O) groups is 1. The third kappa shape index (κ3) is 5.41. The van der Waals surface area contributed by atoms with E-state index in [1.54, 1.807) is 11.3 Å². The molecule has 1 N–H and O–H groups in total. The number of carbonyl (C=O) groups excluding carboxylic acids is 1. The van der Waals surface area contributed by atoms with E-state index in [1.165, 1.54) is 13.0 Å². The first-order valence-electron chi connectivity index (χ1n) is 11.3. The Hall–Kier alpha value is -2.50. The number of benzene rings is 2. The standard InChI is InChI=1S/C26H31N3OS/c1-3-19(2)17-29-15-13-21(14-16-29)26-28-24(18-31-26)25(30)27-23-12-8-7-11-22(23)20-9-5-4-6-10-20/h4-12,18-19,21H,3,13-17H2,1-2H3,(H,27,30). The number of nitrogens with one attached hydrogen (secondary N) is 1. The summed E-state index contributed by atoms with van der Waals surface area (Å²) >= 11 is 1.62. The fraction of sp³-hybridized carbons (Fsp3) is 0.385. The fourth-order valence-corrected chi connectivity index (χ4v) is 5.13. The Balaban J connectivity index is 1.40. The van der Waals surface area contributed by atoms with Crippen LogP contribution in [0.2, 0.25) is 0 Å². The normalized spacial score (nSPS) is 16.2. The molecule has 0 radical (unpaired) electrons. The number of thiazole rings is 1. The summed E-state index contributed by atoms with van der Waals surface area (Å²) in [6.45, 7) is 8.03. The Morgan fingerprint density at radius 3 is 2.58 bits per heavy atom. The van der Waals surface area contributed by atoms with Gasteiger partial charge in [0.25, 0.3) is 5.91 Å². The van der Waals surface area contributed by atoms with Crippen LogP contribution in [0.1, 0.15) is 54.5 Å². The van der Waals surface area contributed by atoms with E-state index in [2.05, 4.69) is 36.2 Å². The van der Waals surface area contributed by atoms with Crippen LogP contribution >= 0.6 is 11.3 Å². The molecule has 0 spiro atoms. The van der Waals surface area contributed by atoms with Gasteiger partial charge in [-0.25, -0.2) is 4.98 Å². The number of likely N-dealkylation sites (tertiary alicyclic amines) is 1. The van der Waals surface area contributed by atoms with Gasteiger partial charge in [-0.2, -0.15) is 0 Å². The summed E-state index contributed by atoms with van der Waals surface area (Å²) in [7, 11) is 0. The van der Waals surface area contributed by atoms with Crippen LogP contribution in [-0.2, 0) is 0 Å². The van der Waals surface area contributed by atoms with Gasteiger partial charge in [0.2, 0.25) is 0 Å². The third-order valence-electron chi connectivity index (χ3n) is 6.22. The predicted molar refractivity (Wildman–Crippen MR) is 130 cm³/mol. The summed E-state index contributed by atoms with van der Waals surface area (Å²) in [6, 6.07) is 18.0. The molecule has 5 heteroatoms. The maximum absolute atomic E-state index is 12.9. The van der Waals surface area contributed by atoms with E-state index in [0.29, 0.717) is 11.6 Å². The Labute approximate surface area is 189 Å². The minimum Gasteiger partial charge on any atom is -0.320 e. The first-order chi connectivity index (χ1) is 15.1. The predicted octanol–water partition coefficient (Wildman–Crippen LogP) is 6.29. The largest absolute Gasteiger partial charge is 0.320 e. The third-order valence-corrected chi connectivity index (χ3v) is 7.23. The molecule has 1 saturated heterocycles. The second-order valence-corrected chi connectivity index (χ2v) is 9.41. The van der Waals surface area contributed by atoms with Gasteiger partial charge in [0, 0.05) is 29.1 Å². The molecule has 1 fully saturated rings. The second-order valence-electron chi connectivity index (χ2n) is 8.53. The highest BCUT2D eigenvalue weighted by Crippen LogP contribution is 2.32. The summed E-state index contributed by atoms with van der Waals surface area (Å²) in [5.74, 6) is 1.09. The van der Waals surface area contributed by atoms with Crippen molar-refractivity contribution in [2.45, 2.75) is 39.0 Å². The topological polar surface area (TPSA) is 45.2 Å². The van der Waals surface area contributed by atoms with Crippen LogP contribution in [-0.4, -0.2) is 35.4 Å². The maximum atomic E-state index is 12.9.